The van der Waals surface area contributed by atoms with Crippen LogP contribution in [0, 0.1) is 5.92 Å². The average Bonchev–Trinajstić information content (AvgIpc) is 2.44. The maximum absolute atomic E-state index is 11.9. The molecule has 104 valence electrons. The van der Waals surface area contributed by atoms with E-state index in [0.717, 1.165) is 25.3 Å². The minimum atomic E-state index is 0.0308. The van der Waals surface area contributed by atoms with E-state index in [4.69, 9.17) is 4.74 Å². The number of rotatable bonds is 4. The van der Waals surface area contributed by atoms with Crippen LogP contribution < -0.4 is 10.1 Å². The number of nitrogens with one attached hydrogen (secondary N) is 1. The van der Waals surface area contributed by atoms with Gasteiger partial charge in [-0.15, -0.1) is 0 Å². The Morgan fingerprint density at radius 2 is 2.21 bits per heavy atom. The van der Waals surface area contributed by atoms with Gasteiger partial charge in [0.1, 0.15) is 12.4 Å². The first-order valence-electron chi connectivity index (χ1n) is 6.96. The highest BCUT2D eigenvalue weighted by Gasteiger charge is 2.20. The van der Waals surface area contributed by atoms with Gasteiger partial charge in [-0.3, -0.25) is 0 Å². The standard InChI is InChI=1S/C15H22N2O2/c1-13-6-5-10-17(12-13)15(18)16-9-11-19-14-7-3-2-4-8-14/h2-4,7-8,13H,5-6,9-12H2,1H3,(H,16,18). The van der Waals surface area contributed by atoms with Gasteiger partial charge in [-0.1, -0.05) is 25.1 Å². The van der Waals surface area contributed by atoms with Crippen LogP contribution in [0.15, 0.2) is 30.3 Å². The Hall–Kier alpha value is -1.71. The Morgan fingerprint density at radius 1 is 1.42 bits per heavy atom. The molecule has 1 N–H and O–H groups in total. The molecule has 4 nitrogen and oxygen atoms in total. The Kier molecular flexibility index (Phi) is 5.07. The minimum absolute atomic E-state index is 0.0308. The molecular formula is C15H22N2O2. The lowest BCUT2D eigenvalue weighted by molar-refractivity contribution is 0.168. The van der Waals surface area contributed by atoms with Crippen molar-refractivity contribution in [3.05, 3.63) is 30.3 Å². The summed E-state index contributed by atoms with van der Waals surface area (Å²) in [7, 11) is 0. The van der Waals surface area contributed by atoms with Crippen molar-refractivity contribution in [2.75, 3.05) is 26.2 Å². The van der Waals surface area contributed by atoms with E-state index in [-0.39, 0.29) is 6.03 Å². The Balaban J connectivity index is 1.64. The molecule has 1 atom stereocenters. The Labute approximate surface area is 114 Å². The summed E-state index contributed by atoms with van der Waals surface area (Å²) in [5.74, 6) is 1.45. The van der Waals surface area contributed by atoms with Crippen LogP contribution in [-0.2, 0) is 0 Å². The van der Waals surface area contributed by atoms with Gasteiger partial charge in [0.25, 0.3) is 0 Å². The van der Waals surface area contributed by atoms with Crippen molar-refractivity contribution in [3.63, 3.8) is 0 Å². The maximum Gasteiger partial charge on any atom is 0.317 e. The monoisotopic (exact) mass is 262 g/mol. The smallest absolute Gasteiger partial charge is 0.317 e. The van der Waals surface area contributed by atoms with Gasteiger partial charge in [0.05, 0.1) is 6.54 Å². The van der Waals surface area contributed by atoms with Crippen molar-refractivity contribution >= 4 is 6.03 Å². The van der Waals surface area contributed by atoms with E-state index in [1.807, 2.05) is 35.2 Å². The number of benzene rings is 1. The summed E-state index contributed by atoms with van der Waals surface area (Å²) in [6, 6.07) is 9.67. The first-order valence-corrected chi connectivity index (χ1v) is 6.96. The summed E-state index contributed by atoms with van der Waals surface area (Å²) >= 11 is 0. The summed E-state index contributed by atoms with van der Waals surface area (Å²) in [6.45, 7) is 4.97. The molecule has 0 aromatic heterocycles. The summed E-state index contributed by atoms with van der Waals surface area (Å²) in [4.78, 5) is 13.8. The molecule has 1 heterocycles. The number of carbonyl (C=O) groups excluding carboxylic acids is 1. The molecule has 1 unspecified atom stereocenters. The van der Waals surface area contributed by atoms with Crippen LogP contribution in [0.3, 0.4) is 0 Å². The number of para-hydroxylation sites is 1. The SMILES string of the molecule is CC1CCCN(C(=O)NCCOc2ccccc2)C1. The van der Waals surface area contributed by atoms with Gasteiger partial charge in [0, 0.05) is 13.1 Å². The summed E-state index contributed by atoms with van der Waals surface area (Å²) < 4.78 is 5.53. The van der Waals surface area contributed by atoms with E-state index in [9.17, 15) is 4.79 Å². The number of likely N-dealkylation sites (tertiary alicyclic amines) is 1. The van der Waals surface area contributed by atoms with Gasteiger partial charge in [-0.05, 0) is 30.9 Å². The molecule has 1 aromatic carbocycles. The number of nitrogens with zero attached hydrogens (tertiary/aromatic N) is 1. The zero-order chi connectivity index (χ0) is 13.5. The normalized spacial score (nSPS) is 19.0. The van der Waals surface area contributed by atoms with Crippen LogP contribution in [0.25, 0.3) is 0 Å². The lowest BCUT2D eigenvalue weighted by Gasteiger charge is -2.30. The highest BCUT2D eigenvalue weighted by Crippen LogP contribution is 2.15. The van der Waals surface area contributed by atoms with Gasteiger partial charge in [-0.2, -0.15) is 0 Å². The topological polar surface area (TPSA) is 41.6 Å². The van der Waals surface area contributed by atoms with Crippen molar-refractivity contribution in [2.45, 2.75) is 19.8 Å². The molecule has 0 saturated carbocycles. The number of piperidine rings is 1. The molecule has 1 aliphatic rings. The molecule has 19 heavy (non-hydrogen) atoms. The predicted octanol–water partition coefficient (Wildman–Crippen LogP) is 2.51. The highest BCUT2D eigenvalue weighted by atomic mass is 16.5. The number of hydrogen-bond donors (Lipinski definition) is 1. The van der Waals surface area contributed by atoms with Gasteiger partial charge >= 0.3 is 6.03 Å². The Morgan fingerprint density at radius 3 is 2.95 bits per heavy atom. The lowest BCUT2D eigenvalue weighted by Crippen LogP contribution is -2.45. The van der Waals surface area contributed by atoms with E-state index in [1.54, 1.807) is 0 Å². The fourth-order valence-corrected chi connectivity index (χ4v) is 2.33. The number of amides is 2. The maximum atomic E-state index is 11.9. The molecule has 2 amide bonds. The minimum Gasteiger partial charge on any atom is -0.492 e. The lowest BCUT2D eigenvalue weighted by atomic mass is 10.0. The van der Waals surface area contributed by atoms with Crippen LogP contribution in [0.4, 0.5) is 4.79 Å². The highest BCUT2D eigenvalue weighted by molar-refractivity contribution is 5.74. The van der Waals surface area contributed by atoms with Gasteiger partial charge < -0.3 is 15.0 Å². The molecule has 1 fully saturated rings. The van der Waals surface area contributed by atoms with E-state index in [2.05, 4.69) is 12.2 Å². The fraction of sp³-hybridized carbons (Fsp3) is 0.533. The van der Waals surface area contributed by atoms with Crippen molar-refractivity contribution in [2.24, 2.45) is 5.92 Å². The second kappa shape index (κ2) is 7.02. The zero-order valence-corrected chi connectivity index (χ0v) is 11.5. The van der Waals surface area contributed by atoms with Crippen molar-refractivity contribution in [1.29, 1.82) is 0 Å². The van der Waals surface area contributed by atoms with Gasteiger partial charge in [-0.25, -0.2) is 4.79 Å². The summed E-state index contributed by atoms with van der Waals surface area (Å²) in [6.07, 6.45) is 2.33. The third-order valence-corrected chi connectivity index (χ3v) is 3.33. The second-order valence-corrected chi connectivity index (χ2v) is 5.09. The third kappa shape index (κ3) is 4.47. The van der Waals surface area contributed by atoms with Crippen LogP contribution >= 0.6 is 0 Å². The Bertz CT molecular complexity index is 394. The molecule has 4 heteroatoms. The van der Waals surface area contributed by atoms with E-state index >= 15 is 0 Å². The second-order valence-electron chi connectivity index (χ2n) is 5.09. The van der Waals surface area contributed by atoms with Crippen LogP contribution in [0.5, 0.6) is 5.75 Å². The average molecular weight is 262 g/mol. The van der Waals surface area contributed by atoms with Crippen LogP contribution in [0.2, 0.25) is 0 Å². The molecular weight excluding hydrogens is 240 g/mol. The zero-order valence-electron chi connectivity index (χ0n) is 11.5. The summed E-state index contributed by atoms with van der Waals surface area (Å²) in [5, 5.41) is 2.91. The van der Waals surface area contributed by atoms with Crippen molar-refractivity contribution in [1.82, 2.24) is 10.2 Å². The molecule has 1 saturated heterocycles. The van der Waals surface area contributed by atoms with E-state index in [0.29, 0.717) is 19.1 Å². The van der Waals surface area contributed by atoms with Gasteiger partial charge in [0.2, 0.25) is 0 Å². The van der Waals surface area contributed by atoms with E-state index in [1.165, 1.54) is 6.42 Å². The first-order chi connectivity index (χ1) is 9.25. The molecule has 0 radical (unpaired) electrons. The third-order valence-electron chi connectivity index (χ3n) is 3.33. The van der Waals surface area contributed by atoms with Crippen LogP contribution in [-0.4, -0.2) is 37.2 Å². The first kappa shape index (κ1) is 13.7. The molecule has 2 rings (SSSR count). The van der Waals surface area contributed by atoms with Crippen LogP contribution in [0.1, 0.15) is 19.8 Å². The van der Waals surface area contributed by atoms with Crippen molar-refractivity contribution in [3.8, 4) is 5.75 Å². The molecule has 0 bridgehead atoms. The fourth-order valence-electron chi connectivity index (χ4n) is 2.33. The molecule has 1 aromatic rings. The predicted molar refractivity (Wildman–Crippen MR) is 75.3 cm³/mol. The molecule has 1 aliphatic heterocycles. The number of carbonyl (C=O) groups is 1. The largest absolute Gasteiger partial charge is 0.492 e. The summed E-state index contributed by atoms with van der Waals surface area (Å²) in [5.41, 5.74) is 0. The molecule has 0 aliphatic carbocycles. The van der Waals surface area contributed by atoms with E-state index < -0.39 is 0 Å². The van der Waals surface area contributed by atoms with Gasteiger partial charge in [0.15, 0.2) is 0 Å². The molecule has 0 spiro atoms. The number of hydrogen-bond acceptors (Lipinski definition) is 2. The number of urea groups is 1. The number of ether oxygens (including phenoxy) is 1. The van der Waals surface area contributed by atoms with Crippen molar-refractivity contribution < 1.29 is 9.53 Å². The quantitative estimate of drug-likeness (QED) is 0.847.